The van der Waals surface area contributed by atoms with Gasteiger partial charge in [-0.15, -0.1) is 0 Å². The Hall–Kier alpha value is 0.137. The van der Waals surface area contributed by atoms with Crippen LogP contribution in [0.3, 0.4) is 0 Å². The first-order valence-electron chi connectivity index (χ1n) is 3.06. The van der Waals surface area contributed by atoms with Crippen molar-refractivity contribution in [1.29, 1.82) is 0 Å². The van der Waals surface area contributed by atoms with E-state index < -0.39 is 15.1 Å². The third-order valence-corrected chi connectivity index (χ3v) is 4.77. The number of aliphatic hydroxyl groups is 2. The highest BCUT2D eigenvalue weighted by Gasteiger charge is 2.30. The zero-order chi connectivity index (χ0) is 7.65. The molecule has 0 rings (SSSR count). The number of hydrogen-bond acceptors (Lipinski definition) is 2. The molecule has 0 saturated carbocycles. The van der Waals surface area contributed by atoms with Gasteiger partial charge in [0.2, 0.25) is 0 Å². The minimum atomic E-state index is -1.17. The maximum Gasteiger partial charge on any atom is 0.153 e. The zero-order valence-electron chi connectivity index (χ0n) is 6.47. The predicted molar refractivity (Wildman–Crippen MR) is 39.7 cm³/mol. The molecule has 0 amide bonds. The van der Waals surface area contributed by atoms with E-state index in [1.807, 2.05) is 13.8 Å². The van der Waals surface area contributed by atoms with Crippen molar-refractivity contribution in [2.75, 3.05) is 0 Å². The van der Waals surface area contributed by atoms with E-state index in [1.165, 1.54) is 0 Å². The van der Waals surface area contributed by atoms with E-state index in [2.05, 4.69) is 13.1 Å². The molecule has 0 aromatic carbocycles. The molecule has 2 nitrogen and oxygen atoms in total. The molecule has 0 heterocycles. The van der Waals surface area contributed by atoms with Gasteiger partial charge < -0.3 is 10.2 Å². The lowest BCUT2D eigenvalue weighted by molar-refractivity contribution is -0.0678. The van der Waals surface area contributed by atoms with Crippen LogP contribution in [0.25, 0.3) is 0 Å². The molecule has 0 atom stereocenters. The maximum atomic E-state index is 8.83. The summed E-state index contributed by atoms with van der Waals surface area (Å²) in [7, 11) is -0.610. The summed E-state index contributed by atoms with van der Waals surface area (Å²) >= 11 is 0. The van der Waals surface area contributed by atoms with Crippen LogP contribution in [0.1, 0.15) is 13.8 Å². The topological polar surface area (TPSA) is 40.5 Å². The van der Waals surface area contributed by atoms with Crippen LogP contribution in [-0.4, -0.2) is 25.3 Å². The first-order valence-corrected chi connectivity index (χ1v) is 5.56. The molecule has 0 aromatic rings. The van der Waals surface area contributed by atoms with Crippen LogP contribution in [-0.2, 0) is 0 Å². The molecule has 0 saturated heterocycles. The minimum absolute atomic E-state index is 0.287. The Morgan fingerprint density at radius 1 is 1.22 bits per heavy atom. The molecule has 9 heavy (non-hydrogen) atoms. The average molecular weight is 147 g/mol. The second kappa shape index (κ2) is 2.81. The molecule has 0 unspecified atom stereocenters. The third-order valence-electron chi connectivity index (χ3n) is 1.93. The second-order valence-electron chi connectivity index (χ2n) is 3.10. The van der Waals surface area contributed by atoms with E-state index >= 15 is 0 Å². The molecule has 1 radical (unpaired) electrons. The van der Waals surface area contributed by atoms with Crippen LogP contribution in [0.15, 0.2) is 0 Å². The van der Waals surface area contributed by atoms with Gasteiger partial charge in [-0.2, -0.15) is 0 Å². The summed E-state index contributed by atoms with van der Waals surface area (Å²) in [5.41, 5.74) is 0. The number of rotatable bonds is 2. The van der Waals surface area contributed by atoms with Crippen LogP contribution in [0.2, 0.25) is 18.1 Å². The quantitative estimate of drug-likeness (QED) is 0.449. The van der Waals surface area contributed by atoms with Crippen molar-refractivity contribution in [2.45, 2.75) is 38.3 Å². The fourth-order valence-corrected chi connectivity index (χ4v) is 0.775. The van der Waals surface area contributed by atoms with E-state index in [0.717, 1.165) is 0 Å². The summed E-state index contributed by atoms with van der Waals surface area (Å²) in [6.07, 6.45) is -1.17. The molecule has 2 N–H and O–H groups in total. The summed E-state index contributed by atoms with van der Waals surface area (Å²) in [6.45, 7) is 7.91. The highest BCUT2D eigenvalue weighted by Crippen LogP contribution is 2.30. The lowest BCUT2D eigenvalue weighted by Crippen LogP contribution is -2.33. The van der Waals surface area contributed by atoms with E-state index in [0.29, 0.717) is 0 Å². The normalized spacial score (nSPS) is 13.3. The van der Waals surface area contributed by atoms with Crippen LogP contribution in [0, 0.1) is 0 Å². The average Bonchev–Trinajstić information content (AvgIpc) is 1.65. The van der Waals surface area contributed by atoms with Gasteiger partial charge in [-0.25, -0.2) is 0 Å². The van der Waals surface area contributed by atoms with Gasteiger partial charge in [0.05, 0.1) is 8.80 Å². The highest BCUT2D eigenvalue weighted by atomic mass is 28.3. The van der Waals surface area contributed by atoms with Gasteiger partial charge in [0.1, 0.15) is 0 Å². The summed E-state index contributed by atoms with van der Waals surface area (Å²) < 4.78 is 0. The van der Waals surface area contributed by atoms with Crippen molar-refractivity contribution in [3.05, 3.63) is 0 Å². The Kier molecular flexibility index (Phi) is 2.86. The molecule has 0 aliphatic rings. The lowest BCUT2D eigenvalue weighted by Gasteiger charge is -2.29. The zero-order valence-corrected chi connectivity index (χ0v) is 7.47. The minimum Gasteiger partial charge on any atom is -0.368 e. The smallest absolute Gasteiger partial charge is 0.153 e. The summed E-state index contributed by atoms with van der Waals surface area (Å²) in [5.74, 6) is 0. The van der Waals surface area contributed by atoms with E-state index in [-0.39, 0.29) is 5.04 Å². The Morgan fingerprint density at radius 2 is 1.56 bits per heavy atom. The van der Waals surface area contributed by atoms with Crippen molar-refractivity contribution in [2.24, 2.45) is 0 Å². The fraction of sp³-hybridized carbons (Fsp3) is 1.00. The highest BCUT2D eigenvalue weighted by molar-refractivity contribution is 6.59. The molecule has 0 aliphatic heterocycles. The monoisotopic (exact) mass is 147 g/mol. The van der Waals surface area contributed by atoms with Gasteiger partial charge in [0.15, 0.2) is 6.29 Å². The summed E-state index contributed by atoms with van der Waals surface area (Å²) in [5, 5.41) is 17.4. The fourth-order valence-electron chi connectivity index (χ4n) is 0.258. The SMILES string of the molecule is C[Si](C)C(C)(C)C(O)O. The van der Waals surface area contributed by atoms with Crippen molar-refractivity contribution >= 4 is 8.80 Å². The Bertz CT molecular complexity index is 79.1. The Morgan fingerprint density at radius 3 is 1.56 bits per heavy atom. The molecule has 0 spiro atoms. The number of hydrogen-bond donors (Lipinski definition) is 2. The van der Waals surface area contributed by atoms with Gasteiger partial charge in [0.25, 0.3) is 0 Å². The van der Waals surface area contributed by atoms with Gasteiger partial charge in [-0.1, -0.05) is 26.9 Å². The molecular weight excluding hydrogens is 132 g/mol. The number of aliphatic hydroxyl groups excluding tert-OH is 1. The van der Waals surface area contributed by atoms with Crippen molar-refractivity contribution in [1.82, 2.24) is 0 Å². The van der Waals surface area contributed by atoms with Gasteiger partial charge in [-0.3, -0.25) is 0 Å². The maximum absolute atomic E-state index is 8.83. The van der Waals surface area contributed by atoms with E-state index in [4.69, 9.17) is 10.2 Å². The van der Waals surface area contributed by atoms with Crippen LogP contribution in [0.4, 0.5) is 0 Å². The molecule has 0 aliphatic carbocycles. The lowest BCUT2D eigenvalue weighted by atomic mass is 10.2. The first kappa shape index (κ1) is 9.14. The molecule has 0 aromatic heterocycles. The predicted octanol–water partition coefficient (Wildman–Crippen LogP) is 0.832. The van der Waals surface area contributed by atoms with Crippen molar-refractivity contribution < 1.29 is 10.2 Å². The third kappa shape index (κ3) is 2.08. The second-order valence-corrected chi connectivity index (χ2v) is 6.38. The molecule has 55 valence electrons. The van der Waals surface area contributed by atoms with Crippen molar-refractivity contribution in [3.8, 4) is 0 Å². The van der Waals surface area contributed by atoms with Crippen LogP contribution >= 0.6 is 0 Å². The van der Waals surface area contributed by atoms with Crippen LogP contribution in [0.5, 0.6) is 0 Å². The van der Waals surface area contributed by atoms with Gasteiger partial charge in [0, 0.05) is 5.04 Å². The molecule has 3 heteroatoms. The standard InChI is InChI=1S/C6H15O2Si/c1-6(2,5(7)8)9(3)4/h5,7-8H,1-4H3. The summed E-state index contributed by atoms with van der Waals surface area (Å²) in [4.78, 5) is 0. The molecular formula is C6H15O2Si. The summed E-state index contributed by atoms with van der Waals surface area (Å²) in [6, 6.07) is 0. The van der Waals surface area contributed by atoms with Gasteiger partial charge in [-0.05, 0) is 0 Å². The molecule has 0 bridgehead atoms. The van der Waals surface area contributed by atoms with Crippen molar-refractivity contribution in [3.63, 3.8) is 0 Å². The van der Waals surface area contributed by atoms with E-state index in [1.54, 1.807) is 0 Å². The Labute approximate surface area is 58.1 Å². The largest absolute Gasteiger partial charge is 0.368 e. The molecule has 0 fully saturated rings. The van der Waals surface area contributed by atoms with Crippen LogP contribution < -0.4 is 0 Å². The Balaban J connectivity index is 4.01. The van der Waals surface area contributed by atoms with Gasteiger partial charge >= 0.3 is 0 Å². The first-order chi connectivity index (χ1) is 3.89. The van der Waals surface area contributed by atoms with E-state index in [9.17, 15) is 0 Å².